The van der Waals surface area contributed by atoms with Gasteiger partial charge in [0.2, 0.25) is 0 Å². The molecular weight excluding hydrogens is 382 g/mol. The van der Waals surface area contributed by atoms with Gasteiger partial charge in [-0.2, -0.15) is 0 Å². The smallest absolute Gasteiger partial charge is 0.163 e. The molecule has 4 aromatic rings. The third-order valence-electron chi connectivity index (χ3n) is 5.06. The van der Waals surface area contributed by atoms with Gasteiger partial charge in [-0.15, -0.1) is 11.3 Å². The van der Waals surface area contributed by atoms with Crippen molar-refractivity contribution in [2.24, 2.45) is 0 Å². The summed E-state index contributed by atoms with van der Waals surface area (Å²) in [7, 11) is 0. The first kappa shape index (κ1) is 17.9. The van der Waals surface area contributed by atoms with Gasteiger partial charge in [0.1, 0.15) is 30.2 Å². The predicted octanol–water partition coefficient (Wildman–Crippen LogP) is 6.00. The summed E-state index contributed by atoms with van der Waals surface area (Å²) in [5.41, 5.74) is 4.54. The predicted molar refractivity (Wildman–Crippen MR) is 118 cm³/mol. The molecule has 0 amide bonds. The van der Waals surface area contributed by atoms with Crippen molar-refractivity contribution >= 4 is 33.1 Å². The van der Waals surface area contributed by atoms with E-state index in [1.54, 1.807) is 17.7 Å². The summed E-state index contributed by atoms with van der Waals surface area (Å²) in [6.45, 7) is 5.56. The van der Waals surface area contributed by atoms with Crippen molar-refractivity contribution in [2.45, 2.75) is 19.8 Å². The Labute approximate surface area is 173 Å². The van der Waals surface area contributed by atoms with E-state index in [1.807, 2.05) is 18.2 Å². The van der Waals surface area contributed by atoms with Crippen LogP contribution >= 0.6 is 11.3 Å². The third-order valence-corrected chi connectivity index (χ3v) is 5.95. The Balaban J connectivity index is 1.54. The molecule has 29 heavy (non-hydrogen) atoms. The maximum Gasteiger partial charge on any atom is 0.163 e. The number of benzene rings is 2. The molecule has 2 aromatic carbocycles. The molecule has 2 aromatic heterocycles. The lowest BCUT2D eigenvalue weighted by atomic mass is 9.99. The average molecular weight is 404 g/mol. The normalized spacial score (nSPS) is 13.1. The van der Waals surface area contributed by atoms with Crippen molar-refractivity contribution < 1.29 is 9.47 Å². The number of thiophene rings is 1. The molecule has 0 spiro atoms. The SMILES string of the molecule is CC(C)c1ccc(-c2csc3ncnc(Nc4ccc5c(c4)OCCO5)c23)cc1. The number of aromatic nitrogens is 2. The molecule has 0 saturated carbocycles. The van der Waals surface area contributed by atoms with E-state index in [-0.39, 0.29) is 0 Å². The van der Waals surface area contributed by atoms with Crippen LogP contribution in [0.2, 0.25) is 0 Å². The first-order valence-corrected chi connectivity index (χ1v) is 10.6. The van der Waals surface area contributed by atoms with Crippen LogP contribution in [0.3, 0.4) is 0 Å². The molecule has 0 aliphatic carbocycles. The van der Waals surface area contributed by atoms with Gasteiger partial charge < -0.3 is 14.8 Å². The highest BCUT2D eigenvalue weighted by Crippen LogP contribution is 2.39. The number of hydrogen-bond donors (Lipinski definition) is 1. The van der Waals surface area contributed by atoms with Crippen LogP contribution in [0.5, 0.6) is 11.5 Å². The molecule has 1 aliphatic rings. The van der Waals surface area contributed by atoms with Crippen LogP contribution in [-0.4, -0.2) is 23.2 Å². The summed E-state index contributed by atoms with van der Waals surface area (Å²) < 4.78 is 11.3. The molecule has 0 bridgehead atoms. The standard InChI is InChI=1S/C23H21N3O2S/c1-14(2)15-3-5-16(6-4-15)18-12-29-23-21(18)22(24-13-25-23)26-17-7-8-19-20(11-17)28-10-9-27-19/h3-8,11-14H,9-10H2,1-2H3,(H,24,25,26). The van der Waals surface area contributed by atoms with Gasteiger partial charge in [-0.1, -0.05) is 38.1 Å². The molecular formula is C23H21N3O2S. The van der Waals surface area contributed by atoms with Gasteiger partial charge in [0.25, 0.3) is 0 Å². The topological polar surface area (TPSA) is 56.3 Å². The maximum atomic E-state index is 5.70. The van der Waals surface area contributed by atoms with E-state index in [1.165, 1.54) is 11.1 Å². The second-order valence-corrected chi connectivity index (χ2v) is 8.17. The fourth-order valence-electron chi connectivity index (χ4n) is 3.49. The Kier molecular flexibility index (Phi) is 4.56. The fraction of sp³-hybridized carbons (Fsp3) is 0.217. The Morgan fingerprint density at radius 1 is 0.966 bits per heavy atom. The fourth-order valence-corrected chi connectivity index (χ4v) is 4.40. The quantitative estimate of drug-likeness (QED) is 0.453. The Morgan fingerprint density at radius 3 is 2.55 bits per heavy atom. The van der Waals surface area contributed by atoms with Gasteiger partial charge in [0, 0.05) is 22.7 Å². The second kappa shape index (κ2) is 7.37. The highest BCUT2D eigenvalue weighted by molar-refractivity contribution is 7.17. The number of hydrogen-bond acceptors (Lipinski definition) is 6. The molecule has 5 rings (SSSR count). The van der Waals surface area contributed by atoms with Crippen molar-refractivity contribution in [3.8, 4) is 22.6 Å². The number of anilines is 2. The lowest BCUT2D eigenvalue weighted by molar-refractivity contribution is 0.171. The highest BCUT2D eigenvalue weighted by atomic mass is 32.1. The zero-order valence-corrected chi connectivity index (χ0v) is 17.1. The Hall–Kier alpha value is -3.12. The second-order valence-electron chi connectivity index (χ2n) is 7.31. The number of fused-ring (bicyclic) bond motifs is 2. The van der Waals surface area contributed by atoms with E-state index in [2.05, 4.69) is 58.8 Å². The number of nitrogens with one attached hydrogen (secondary N) is 1. The minimum atomic E-state index is 0.513. The maximum absolute atomic E-state index is 5.70. The van der Waals surface area contributed by atoms with E-state index >= 15 is 0 Å². The minimum absolute atomic E-state index is 0.513. The number of ether oxygens (including phenoxy) is 2. The summed E-state index contributed by atoms with van der Waals surface area (Å²) >= 11 is 1.63. The Morgan fingerprint density at radius 2 is 1.76 bits per heavy atom. The van der Waals surface area contributed by atoms with Crippen molar-refractivity contribution in [3.63, 3.8) is 0 Å². The van der Waals surface area contributed by atoms with E-state index in [0.29, 0.717) is 19.1 Å². The van der Waals surface area contributed by atoms with Crippen LogP contribution in [0.1, 0.15) is 25.3 Å². The van der Waals surface area contributed by atoms with Gasteiger partial charge in [0.05, 0.1) is 5.39 Å². The zero-order valence-electron chi connectivity index (χ0n) is 16.3. The minimum Gasteiger partial charge on any atom is -0.486 e. The number of rotatable bonds is 4. The monoisotopic (exact) mass is 403 g/mol. The van der Waals surface area contributed by atoms with Crippen LogP contribution in [0.4, 0.5) is 11.5 Å². The molecule has 0 radical (unpaired) electrons. The summed E-state index contributed by atoms with van der Waals surface area (Å²) in [5.74, 6) is 2.83. The summed E-state index contributed by atoms with van der Waals surface area (Å²) in [6, 6.07) is 14.6. The van der Waals surface area contributed by atoms with E-state index < -0.39 is 0 Å². The lowest BCUT2D eigenvalue weighted by Crippen LogP contribution is -2.15. The summed E-state index contributed by atoms with van der Waals surface area (Å²) in [6.07, 6.45) is 1.60. The van der Waals surface area contributed by atoms with Crippen LogP contribution < -0.4 is 14.8 Å². The van der Waals surface area contributed by atoms with Crippen LogP contribution in [-0.2, 0) is 0 Å². The van der Waals surface area contributed by atoms with E-state index in [0.717, 1.165) is 38.8 Å². The van der Waals surface area contributed by atoms with E-state index in [4.69, 9.17) is 9.47 Å². The van der Waals surface area contributed by atoms with Gasteiger partial charge >= 0.3 is 0 Å². The highest BCUT2D eigenvalue weighted by Gasteiger charge is 2.16. The molecule has 1 N–H and O–H groups in total. The lowest BCUT2D eigenvalue weighted by Gasteiger charge is -2.19. The first-order chi connectivity index (χ1) is 14.2. The molecule has 146 valence electrons. The molecule has 3 heterocycles. The van der Waals surface area contributed by atoms with Gasteiger partial charge in [0.15, 0.2) is 11.5 Å². The Bertz CT molecular complexity index is 1170. The number of nitrogens with zero attached hydrogens (tertiary/aromatic N) is 2. The third kappa shape index (κ3) is 3.40. The van der Waals surface area contributed by atoms with Gasteiger partial charge in [-0.05, 0) is 29.2 Å². The van der Waals surface area contributed by atoms with Crippen molar-refractivity contribution in [1.29, 1.82) is 0 Å². The zero-order chi connectivity index (χ0) is 19.8. The molecule has 0 unspecified atom stereocenters. The molecule has 0 fully saturated rings. The van der Waals surface area contributed by atoms with Crippen molar-refractivity contribution in [1.82, 2.24) is 9.97 Å². The van der Waals surface area contributed by atoms with Crippen LogP contribution in [0, 0.1) is 0 Å². The molecule has 6 heteroatoms. The molecule has 5 nitrogen and oxygen atoms in total. The van der Waals surface area contributed by atoms with E-state index in [9.17, 15) is 0 Å². The van der Waals surface area contributed by atoms with Gasteiger partial charge in [-0.25, -0.2) is 9.97 Å². The van der Waals surface area contributed by atoms with Gasteiger partial charge in [-0.3, -0.25) is 0 Å². The largest absolute Gasteiger partial charge is 0.486 e. The van der Waals surface area contributed by atoms with Crippen molar-refractivity contribution in [2.75, 3.05) is 18.5 Å². The molecule has 0 atom stereocenters. The van der Waals surface area contributed by atoms with Crippen LogP contribution in [0.25, 0.3) is 21.3 Å². The van der Waals surface area contributed by atoms with Crippen LogP contribution in [0.15, 0.2) is 54.2 Å². The average Bonchev–Trinajstić information content (AvgIpc) is 3.19. The van der Waals surface area contributed by atoms with Crippen molar-refractivity contribution in [3.05, 3.63) is 59.7 Å². The molecule has 0 saturated heterocycles. The summed E-state index contributed by atoms with van der Waals surface area (Å²) in [5, 5.41) is 6.63. The first-order valence-electron chi connectivity index (χ1n) is 9.68. The summed E-state index contributed by atoms with van der Waals surface area (Å²) in [4.78, 5) is 9.96. The molecule has 1 aliphatic heterocycles.